The Bertz CT molecular complexity index is 555. The second-order valence-corrected chi connectivity index (χ2v) is 6.17. The van der Waals surface area contributed by atoms with Crippen LogP contribution in [0.1, 0.15) is 25.5 Å². The molecule has 0 aliphatic rings. The van der Waals surface area contributed by atoms with E-state index in [-0.39, 0.29) is 0 Å². The van der Waals surface area contributed by atoms with Gasteiger partial charge in [0.15, 0.2) is 5.25 Å². The van der Waals surface area contributed by atoms with Gasteiger partial charge in [-0.25, -0.2) is 13.1 Å². The molecule has 106 valence electrons. The van der Waals surface area contributed by atoms with Crippen molar-refractivity contribution in [3.8, 4) is 5.75 Å². The molecule has 0 aromatic heterocycles. The van der Waals surface area contributed by atoms with Gasteiger partial charge in [-0.05, 0) is 31.5 Å². The predicted octanol–water partition coefficient (Wildman–Crippen LogP) is 1.15. The average Bonchev–Trinajstić information content (AvgIpc) is 2.37. The number of carboxylic acid groups (broad SMARTS) is 1. The molecular weight excluding hydrogens is 270 g/mol. The molecule has 1 aromatic carbocycles. The van der Waals surface area contributed by atoms with Crippen LogP contribution in [0.3, 0.4) is 0 Å². The Labute approximate surface area is 112 Å². The first-order valence-electron chi connectivity index (χ1n) is 5.66. The fourth-order valence-electron chi connectivity index (χ4n) is 1.46. The monoisotopic (exact) mass is 287 g/mol. The Morgan fingerprint density at radius 2 is 2.00 bits per heavy atom. The Balaban J connectivity index is 2.90. The Morgan fingerprint density at radius 3 is 2.53 bits per heavy atom. The molecule has 0 fully saturated rings. The van der Waals surface area contributed by atoms with Gasteiger partial charge in [-0.15, -0.1) is 0 Å². The van der Waals surface area contributed by atoms with Gasteiger partial charge in [0, 0.05) is 6.04 Å². The van der Waals surface area contributed by atoms with Crippen molar-refractivity contribution >= 4 is 16.0 Å². The molecule has 6 nitrogen and oxygen atoms in total. The topological polar surface area (TPSA) is 92.7 Å². The number of benzene rings is 1. The van der Waals surface area contributed by atoms with Crippen LogP contribution in [0.2, 0.25) is 0 Å². The number of ether oxygens (including phenoxy) is 1. The average molecular weight is 287 g/mol. The SMILES string of the molecule is COc1cccc([C@H](C)NS(=O)(=O)C(C)C(=O)O)c1. The van der Waals surface area contributed by atoms with E-state index in [4.69, 9.17) is 9.84 Å². The number of nitrogens with one attached hydrogen (secondary N) is 1. The number of hydrogen-bond donors (Lipinski definition) is 2. The summed E-state index contributed by atoms with van der Waals surface area (Å²) in [5.74, 6) is -0.778. The largest absolute Gasteiger partial charge is 0.497 e. The van der Waals surface area contributed by atoms with Gasteiger partial charge >= 0.3 is 5.97 Å². The number of sulfonamides is 1. The van der Waals surface area contributed by atoms with Gasteiger partial charge in [-0.3, -0.25) is 4.79 Å². The molecule has 0 saturated heterocycles. The maximum atomic E-state index is 11.8. The van der Waals surface area contributed by atoms with E-state index in [0.717, 1.165) is 6.92 Å². The zero-order valence-electron chi connectivity index (χ0n) is 11.0. The van der Waals surface area contributed by atoms with Crippen LogP contribution in [0.4, 0.5) is 0 Å². The lowest BCUT2D eigenvalue weighted by molar-refractivity contribution is -0.136. The van der Waals surface area contributed by atoms with E-state index in [0.29, 0.717) is 11.3 Å². The van der Waals surface area contributed by atoms with Gasteiger partial charge in [0.2, 0.25) is 10.0 Å². The summed E-state index contributed by atoms with van der Waals surface area (Å²) in [5, 5.41) is 7.24. The second-order valence-electron chi connectivity index (χ2n) is 4.14. The van der Waals surface area contributed by atoms with Crippen LogP contribution in [0, 0.1) is 0 Å². The van der Waals surface area contributed by atoms with Gasteiger partial charge in [0.05, 0.1) is 7.11 Å². The molecule has 0 radical (unpaired) electrons. The lowest BCUT2D eigenvalue weighted by atomic mass is 10.1. The molecule has 19 heavy (non-hydrogen) atoms. The zero-order chi connectivity index (χ0) is 14.6. The van der Waals surface area contributed by atoms with E-state index >= 15 is 0 Å². The van der Waals surface area contributed by atoms with E-state index < -0.39 is 27.3 Å². The molecule has 0 aliphatic carbocycles. The van der Waals surface area contributed by atoms with Gasteiger partial charge in [-0.1, -0.05) is 12.1 Å². The molecule has 0 amide bonds. The molecule has 0 aliphatic heterocycles. The molecular formula is C12H17NO5S. The third-order valence-electron chi connectivity index (χ3n) is 2.75. The molecule has 7 heteroatoms. The summed E-state index contributed by atoms with van der Waals surface area (Å²) in [6, 6.07) is 6.37. The minimum absolute atomic E-state index is 0.540. The summed E-state index contributed by atoms with van der Waals surface area (Å²) in [6.45, 7) is 2.77. The van der Waals surface area contributed by atoms with Crippen molar-refractivity contribution in [2.45, 2.75) is 25.1 Å². The highest BCUT2D eigenvalue weighted by molar-refractivity contribution is 7.90. The van der Waals surface area contributed by atoms with Crippen LogP contribution in [-0.2, 0) is 14.8 Å². The number of aliphatic carboxylic acids is 1. The maximum Gasteiger partial charge on any atom is 0.323 e. The molecule has 2 N–H and O–H groups in total. The molecule has 0 saturated carbocycles. The number of carboxylic acids is 1. The Morgan fingerprint density at radius 1 is 1.37 bits per heavy atom. The minimum Gasteiger partial charge on any atom is -0.497 e. The molecule has 0 bridgehead atoms. The van der Waals surface area contributed by atoms with Gasteiger partial charge in [0.25, 0.3) is 0 Å². The highest BCUT2D eigenvalue weighted by Crippen LogP contribution is 2.20. The Hall–Kier alpha value is -1.60. The first kappa shape index (κ1) is 15.5. The normalized spacial score (nSPS) is 14.7. The minimum atomic E-state index is -3.92. The van der Waals surface area contributed by atoms with Crippen molar-refractivity contribution in [1.82, 2.24) is 4.72 Å². The lowest BCUT2D eigenvalue weighted by Crippen LogP contribution is -2.38. The summed E-state index contributed by atoms with van der Waals surface area (Å²) in [7, 11) is -2.40. The van der Waals surface area contributed by atoms with E-state index in [1.165, 1.54) is 7.11 Å². The van der Waals surface area contributed by atoms with Crippen molar-refractivity contribution in [2.75, 3.05) is 7.11 Å². The first-order valence-corrected chi connectivity index (χ1v) is 7.20. The van der Waals surface area contributed by atoms with E-state index in [9.17, 15) is 13.2 Å². The standard InChI is InChI=1S/C12H17NO5S/c1-8(10-5-4-6-11(7-10)18-3)13-19(16,17)9(2)12(14)15/h4-9,13H,1-3H3,(H,14,15)/t8-,9?/m0/s1. The van der Waals surface area contributed by atoms with Crippen molar-refractivity contribution in [3.63, 3.8) is 0 Å². The highest BCUT2D eigenvalue weighted by Gasteiger charge is 2.29. The fourth-order valence-corrected chi connectivity index (χ4v) is 2.56. The van der Waals surface area contributed by atoms with Crippen molar-refractivity contribution < 1.29 is 23.1 Å². The van der Waals surface area contributed by atoms with Crippen LogP contribution in [0.5, 0.6) is 5.75 Å². The van der Waals surface area contributed by atoms with Crippen molar-refractivity contribution in [1.29, 1.82) is 0 Å². The molecule has 1 rings (SSSR count). The number of hydrogen-bond acceptors (Lipinski definition) is 4. The summed E-state index contributed by atoms with van der Waals surface area (Å²) >= 11 is 0. The molecule has 2 atom stereocenters. The first-order chi connectivity index (χ1) is 8.77. The van der Waals surface area contributed by atoms with E-state index in [1.54, 1.807) is 31.2 Å². The third kappa shape index (κ3) is 3.93. The molecule has 0 heterocycles. The van der Waals surface area contributed by atoms with Crippen LogP contribution in [0.25, 0.3) is 0 Å². The number of rotatable bonds is 6. The van der Waals surface area contributed by atoms with Crippen LogP contribution >= 0.6 is 0 Å². The van der Waals surface area contributed by atoms with Gasteiger partial charge < -0.3 is 9.84 Å². The summed E-state index contributed by atoms with van der Waals surface area (Å²) in [5.41, 5.74) is 0.695. The molecule has 1 aromatic rings. The zero-order valence-corrected chi connectivity index (χ0v) is 11.8. The summed E-state index contributed by atoms with van der Waals surface area (Å²) in [6.07, 6.45) is 0. The fraction of sp³-hybridized carbons (Fsp3) is 0.417. The van der Waals surface area contributed by atoms with E-state index in [2.05, 4.69) is 4.72 Å². The number of methoxy groups -OCH3 is 1. The molecule has 0 spiro atoms. The van der Waals surface area contributed by atoms with Crippen molar-refractivity contribution in [2.24, 2.45) is 0 Å². The van der Waals surface area contributed by atoms with Crippen molar-refractivity contribution in [3.05, 3.63) is 29.8 Å². The third-order valence-corrected chi connectivity index (χ3v) is 4.56. The van der Waals surface area contributed by atoms with Crippen LogP contribution < -0.4 is 9.46 Å². The quantitative estimate of drug-likeness (QED) is 0.818. The van der Waals surface area contributed by atoms with Gasteiger partial charge in [0.1, 0.15) is 5.75 Å². The second kappa shape index (κ2) is 6.03. The highest BCUT2D eigenvalue weighted by atomic mass is 32.2. The van der Waals surface area contributed by atoms with Crippen LogP contribution in [0.15, 0.2) is 24.3 Å². The number of carbonyl (C=O) groups is 1. The summed E-state index contributed by atoms with van der Waals surface area (Å²) < 4.78 is 31.0. The lowest BCUT2D eigenvalue weighted by Gasteiger charge is -2.17. The maximum absolute atomic E-state index is 11.8. The predicted molar refractivity (Wildman–Crippen MR) is 70.6 cm³/mol. The molecule has 1 unspecified atom stereocenters. The van der Waals surface area contributed by atoms with E-state index in [1.807, 2.05) is 0 Å². The summed E-state index contributed by atoms with van der Waals surface area (Å²) in [4.78, 5) is 10.7. The Kier molecular flexibility index (Phi) is 4.90. The van der Waals surface area contributed by atoms with Gasteiger partial charge in [-0.2, -0.15) is 0 Å². The van der Waals surface area contributed by atoms with Crippen LogP contribution in [-0.4, -0.2) is 31.9 Å². The smallest absolute Gasteiger partial charge is 0.323 e.